The zero-order valence-corrected chi connectivity index (χ0v) is 26.0. The number of fused-ring (bicyclic) bond motifs is 5. The van der Waals surface area contributed by atoms with E-state index in [1.54, 1.807) is 35.6 Å². The predicted molar refractivity (Wildman–Crippen MR) is 168 cm³/mol. The average Bonchev–Trinajstić information content (AvgIpc) is 3.73. The standard InChI is InChI=1S/C32H33N5O5S2/c1-21-5-7-22(8-6-21)44(38,39)42-20-31-9-11-32(12-10-31,41-19-31)27-17-26-28(43-27)30(37-13-15-40-16-14-37)35-29(34-26)23-3-2-4-25-24(23)18-33-36-25/h2-8,17-18H,9-16,19-20H2,1H3,(H,33,36). The van der Waals surface area contributed by atoms with Gasteiger partial charge in [-0.2, -0.15) is 13.5 Å². The van der Waals surface area contributed by atoms with Gasteiger partial charge < -0.3 is 14.4 Å². The lowest BCUT2D eigenvalue weighted by Gasteiger charge is -2.52. The molecule has 4 aliphatic rings. The van der Waals surface area contributed by atoms with Crippen LogP contribution in [0.5, 0.6) is 0 Å². The number of benzene rings is 2. The van der Waals surface area contributed by atoms with Crippen molar-refractivity contribution in [3.05, 3.63) is 65.2 Å². The number of aromatic nitrogens is 4. The predicted octanol–water partition coefficient (Wildman–Crippen LogP) is 5.57. The van der Waals surface area contributed by atoms with Crippen molar-refractivity contribution in [3.63, 3.8) is 0 Å². The van der Waals surface area contributed by atoms with E-state index in [2.05, 4.69) is 21.2 Å². The molecule has 3 aliphatic heterocycles. The maximum atomic E-state index is 12.9. The maximum Gasteiger partial charge on any atom is 0.296 e. The normalized spacial score (nSPS) is 24.0. The van der Waals surface area contributed by atoms with Crippen LogP contribution < -0.4 is 4.90 Å². The molecule has 1 saturated carbocycles. The first kappa shape index (κ1) is 28.1. The Balaban J connectivity index is 1.09. The number of hydrogen-bond acceptors (Lipinski definition) is 10. The highest BCUT2D eigenvalue weighted by Gasteiger charge is 2.52. The second-order valence-corrected chi connectivity index (χ2v) is 14.9. The molecule has 0 unspecified atom stereocenters. The van der Waals surface area contributed by atoms with Gasteiger partial charge in [0.15, 0.2) is 11.6 Å². The van der Waals surface area contributed by atoms with Crippen LogP contribution in [0.2, 0.25) is 0 Å². The molecule has 1 N–H and O–H groups in total. The molecule has 12 heteroatoms. The third kappa shape index (κ3) is 4.80. The van der Waals surface area contributed by atoms with Gasteiger partial charge in [-0.25, -0.2) is 9.97 Å². The Morgan fingerprint density at radius 3 is 2.59 bits per heavy atom. The Morgan fingerprint density at radius 1 is 1.05 bits per heavy atom. The lowest BCUT2D eigenvalue weighted by molar-refractivity contribution is -0.195. The van der Waals surface area contributed by atoms with Crippen LogP contribution >= 0.6 is 11.3 Å². The number of rotatable bonds is 7. The highest BCUT2D eigenvalue weighted by molar-refractivity contribution is 7.86. The molecule has 10 nitrogen and oxygen atoms in total. The van der Waals surface area contributed by atoms with Gasteiger partial charge >= 0.3 is 0 Å². The highest BCUT2D eigenvalue weighted by atomic mass is 32.2. The second-order valence-electron chi connectivity index (χ2n) is 12.2. The minimum absolute atomic E-state index is 0.126. The molecule has 6 heterocycles. The van der Waals surface area contributed by atoms with Gasteiger partial charge in [0.2, 0.25) is 0 Å². The summed E-state index contributed by atoms with van der Waals surface area (Å²) in [5, 5.41) is 8.27. The molecule has 2 bridgehead atoms. The molecule has 0 radical (unpaired) electrons. The van der Waals surface area contributed by atoms with Gasteiger partial charge in [-0.3, -0.25) is 9.28 Å². The summed E-state index contributed by atoms with van der Waals surface area (Å²) in [6.07, 6.45) is 5.09. The van der Waals surface area contributed by atoms with E-state index in [1.165, 1.54) is 0 Å². The van der Waals surface area contributed by atoms with Gasteiger partial charge in [0.1, 0.15) is 5.60 Å². The van der Waals surface area contributed by atoms with E-state index in [0.717, 1.165) is 81.7 Å². The van der Waals surface area contributed by atoms with E-state index in [9.17, 15) is 8.42 Å². The first-order chi connectivity index (χ1) is 21.3. The minimum atomic E-state index is -3.83. The average molecular weight is 632 g/mol. The molecule has 0 amide bonds. The number of nitrogens with zero attached hydrogens (tertiary/aromatic N) is 4. The van der Waals surface area contributed by atoms with Crippen molar-refractivity contribution in [2.75, 3.05) is 44.4 Å². The van der Waals surface area contributed by atoms with Crippen LogP contribution in [-0.4, -0.2) is 68.1 Å². The van der Waals surface area contributed by atoms with Crippen molar-refractivity contribution < 1.29 is 22.1 Å². The van der Waals surface area contributed by atoms with Gasteiger partial charge in [-0.1, -0.05) is 29.8 Å². The van der Waals surface area contributed by atoms with Crippen LogP contribution in [-0.2, 0) is 29.4 Å². The summed E-state index contributed by atoms with van der Waals surface area (Å²) in [6.45, 7) is 5.37. The topological polar surface area (TPSA) is 120 Å². The molecular weight excluding hydrogens is 599 g/mol. The molecule has 1 aliphatic carbocycles. The molecule has 5 aromatic rings. The minimum Gasteiger partial charge on any atom is -0.378 e. The Hall–Kier alpha value is -3.42. The number of anilines is 1. The summed E-state index contributed by atoms with van der Waals surface area (Å²) in [5.74, 6) is 1.60. The van der Waals surface area contributed by atoms with Crippen LogP contribution in [0, 0.1) is 12.3 Å². The van der Waals surface area contributed by atoms with Crippen LogP contribution in [0.15, 0.2) is 59.6 Å². The van der Waals surface area contributed by atoms with Crippen LogP contribution in [0.25, 0.3) is 32.5 Å². The number of morpholine rings is 1. The third-order valence-electron chi connectivity index (χ3n) is 9.44. The molecule has 9 rings (SSSR count). The van der Waals surface area contributed by atoms with E-state index in [0.29, 0.717) is 25.6 Å². The van der Waals surface area contributed by atoms with Gasteiger partial charge in [-0.15, -0.1) is 11.3 Å². The zero-order valence-electron chi connectivity index (χ0n) is 24.4. The van der Waals surface area contributed by atoms with Crippen molar-refractivity contribution in [3.8, 4) is 11.4 Å². The third-order valence-corrected chi connectivity index (χ3v) is 12.0. The maximum absolute atomic E-state index is 12.9. The van der Waals surface area contributed by atoms with Crippen LogP contribution in [0.1, 0.15) is 36.1 Å². The van der Waals surface area contributed by atoms with Crippen molar-refractivity contribution in [1.82, 2.24) is 20.2 Å². The number of aryl methyl sites for hydroxylation is 1. The summed E-state index contributed by atoms with van der Waals surface area (Å²) in [6, 6.07) is 15.0. The molecule has 2 aromatic carbocycles. The fraction of sp³-hybridized carbons (Fsp3) is 0.406. The summed E-state index contributed by atoms with van der Waals surface area (Å²) in [4.78, 5) is 13.9. The summed E-state index contributed by atoms with van der Waals surface area (Å²) < 4.78 is 44.8. The summed E-state index contributed by atoms with van der Waals surface area (Å²) in [5.41, 5.74) is 3.06. The molecule has 0 spiro atoms. The number of ether oxygens (including phenoxy) is 2. The molecule has 228 valence electrons. The smallest absolute Gasteiger partial charge is 0.296 e. The Labute approximate surface area is 259 Å². The van der Waals surface area contributed by atoms with Gasteiger partial charge in [-0.05, 0) is 56.9 Å². The van der Waals surface area contributed by atoms with Crippen molar-refractivity contribution >= 4 is 48.4 Å². The Morgan fingerprint density at radius 2 is 1.84 bits per heavy atom. The fourth-order valence-corrected chi connectivity index (χ4v) is 8.98. The first-order valence-corrected chi connectivity index (χ1v) is 17.2. The largest absolute Gasteiger partial charge is 0.378 e. The highest BCUT2D eigenvalue weighted by Crippen LogP contribution is 2.56. The SMILES string of the molecule is Cc1ccc(S(=O)(=O)OCC23CCC(c4cc5nc(-c6cccc7[nH]ncc67)nc(N6CCOCC6)c5s4)(CC2)OC3)cc1. The Kier molecular flexibility index (Phi) is 6.76. The molecule has 4 fully saturated rings. The van der Waals surface area contributed by atoms with E-state index in [1.807, 2.05) is 31.3 Å². The molecular formula is C32H33N5O5S2. The van der Waals surface area contributed by atoms with E-state index in [4.69, 9.17) is 23.6 Å². The number of aromatic amines is 1. The molecule has 0 atom stereocenters. The quantitative estimate of drug-likeness (QED) is 0.230. The van der Waals surface area contributed by atoms with Crippen LogP contribution in [0.4, 0.5) is 5.82 Å². The molecule has 44 heavy (non-hydrogen) atoms. The number of H-pyrrole nitrogens is 1. The molecule has 3 saturated heterocycles. The van der Waals surface area contributed by atoms with Crippen LogP contribution in [0.3, 0.4) is 0 Å². The van der Waals surface area contributed by atoms with Crippen molar-refractivity contribution in [1.29, 1.82) is 0 Å². The first-order valence-electron chi connectivity index (χ1n) is 15.0. The lowest BCUT2D eigenvalue weighted by atomic mass is 9.66. The van der Waals surface area contributed by atoms with E-state index < -0.39 is 15.7 Å². The Bertz CT molecular complexity index is 1940. The van der Waals surface area contributed by atoms with Gasteiger partial charge in [0.05, 0.1) is 53.3 Å². The summed E-state index contributed by atoms with van der Waals surface area (Å²) >= 11 is 1.72. The second kappa shape index (κ2) is 10.6. The molecule has 3 aromatic heterocycles. The summed E-state index contributed by atoms with van der Waals surface area (Å²) in [7, 11) is -3.83. The van der Waals surface area contributed by atoms with Gasteiger partial charge in [0, 0.05) is 34.3 Å². The van der Waals surface area contributed by atoms with Crippen molar-refractivity contribution in [2.24, 2.45) is 5.41 Å². The number of nitrogens with one attached hydrogen (secondary N) is 1. The zero-order chi connectivity index (χ0) is 29.9. The fourth-order valence-electron chi connectivity index (χ4n) is 6.66. The number of hydrogen-bond donors (Lipinski definition) is 1. The lowest BCUT2D eigenvalue weighted by Crippen LogP contribution is -2.51. The van der Waals surface area contributed by atoms with Crippen molar-refractivity contribution in [2.45, 2.75) is 43.1 Å². The monoisotopic (exact) mass is 631 g/mol. The number of thiophene rings is 1. The van der Waals surface area contributed by atoms with E-state index in [-0.39, 0.29) is 16.9 Å². The van der Waals surface area contributed by atoms with Gasteiger partial charge in [0.25, 0.3) is 10.1 Å². The van der Waals surface area contributed by atoms with E-state index >= 15 is 0 Å².